The Balaban J connectivity index is 1.69. The molecule has 1 atom stereocenters. The molecule has 8 nitrogen and oxygen atoms in total. The first-order valence-electron chi connectivity index (χ1n) is 13.6. The molecule has 0 spiro atoms. The number of hydrogen-bond acceptors (Lipinski definition) is 7. The standard InChI is InChI=1S/C30H38N2O6/c1-4-7-17-36-23-12-9-21(10-13-23)27-26(28(33)22-11-14-24-25(20-22)38-19-18-37-24)29(34)30(35)32(27)16-8-15-31(5-2)6-3/h9-14,20,27,33H,4-8,15-19H2,1-3H3/b28-26+/t27-/m1/s1. The summed E-state index contributed by atoms with van der Waals surface area (Å²) in [5.74, 6) is 0.302. The van der Waals surface area contributed by atoms with Crippen molar-refractivity contribution in [2.45, 2.75) is 46.1 Å². The lowest BCUT2D eigenvalue weighted by atomic mass is 9.95. The lowest BCUT2D eigenvalue weighted by Crippen LogP contribution is -2.33. The van der Waals surface area contributed by atoms with Gasteiger partial charge in [-0.2, -0.15) is 0 Å². The van der Waals surface area contributed by atoms with Crippen LogP contribution in [0.5, 0.6) is 17.2 Å². The van der Waals surface area contributed by atoms with Crippen molar-refractivity contribution in [3.63, 3.8) is 0 Å². The highest BCUT2D eigenvalue weighted by Gasteiger charge is 2.45. The number of ether oxygens (including phenoxy) is 3. The number of nitrogens with zero attached hydrogens (tertiary/aromatic N) is 2. The molecule has 1 saturated heterocycles. The SMILES string of the molecule is CCCCOc1ccc([C@@H]2/C(=C(\O)c3ccc4c(c3)OCCO4)C(=O)C(=O)N2CCCN(CC)CC)cc1. The quantitative estimate of drug-likeness (QED) is 0.186. The number of aliphatic hydroxyl groups excluding tert-OH is 1. The molecule has 204 valence electrons. The highest BCUT2D eigenvalue weighted by Crippen LogP contribution is 2.41. The minimum atomic E-state index is -0.704. The van der Waals surface area contributed by atoms with Crippen LogP contribution in [-0.4, -0.2) is 72.6 Å². The van der Waals surface area contributed by atoms with Gasteiger partial charge in [-0.15, -0.1) is 0 Å². The number of hydrogen-bond donors (Lipinski definition) is 1. The molecule has 0 bridgehead atoms. The average molecular weight is 523 g/mol. The molecule has 1 N–H and O–H groups in total. The molecule has 2 aliphatic rings. The summed E-state index contributed by atoms with van der Waals surface area (Å²) in [6, 6.07) is 11.8. The Morgan fingerprint density at radius 1 is 1.00 bits per heavy atom. The molecule has 4 rings (SSSR count). The van der Waals surface area contributed by atoms with Gasteiger partial charge in [-0.05, 0) is 68.4 Å². The Morgan fingerprint density at radius 2 is 1.71 bits per heavy atom. The van der Waals surface area contributed by atoms with Crippen LogP contribution in [0.15, 0.2) is 48.0 Å². The van der Waals surface area contributed by atoms with E-state index in [1.165, 1.54) is 0 Å². The van der Waals surface area contributed by atoms with Crippen molar-refractivity contribution in [3.8, 4) is 17.2 Å². The number of likely N-dealkylation sites (tertiary alicyclic amines) is 1. The molecule has 2 aromatic rings. The maximum atomic E-state index is 13.4. The topological polar surface area (TPSA) is 88.5 Å². The van der Waals surface area contributed by atoms with Gasteiger partial charge in [0.05, 0.1) is 18.2 Å². The number of carbonyl (C=O) groups is 2. The number of amides is 1. The van der Waals surface area contributed by atoms with Crippen LogP contribution >= 0.6 is 0 Å². The molecule has 38 heavy (non-hydrogen) atoms. The van der Waals surface area contributed by atoms with E-state index in [1.807, 2.05) is 24.3 Å². The van der Waals surface area contributed by atoms with Crippen LogP contribution in [0.2, 0.25) is 0 Å². The fourth-order valence-corrected chi connectivity index (χ4v) is 4.89. The molecular weight excluding hydrogens is 484 g/mol. The lowest BCUT2D eigenvalue weighted by Gasteiger charge is -2.27. The van der Waals surface area contributed by atoms with Crippen molar-refractivity contribution in [2.75, 3.05) is 46.0 Å². The van der Waals surface area contributed by atoms with Gasteiger partial charge in [-0.3, -0.25) is 9.59 Å². The van der Waals surface area contributed by atoms with E-state index in [9.17, 15) is 14.7 Å². The zero-order valence-electron chi connectivity index (χ0n) is 22.6. The smallest absolute Gasteiger partial charge is 0.295 e. The minimum absolute atomic E-state index is 0.0779. The highest BCUT2D eigenvalue weighted by molar-refractivity contribution is 6.46. The summed E-state index contributed by atoms with van der Waals surface area (Å²) in [7, 11) is 0. The zero-order valence-corrected chi connectivity index (χ0v) is 22.6. The van der Waals surface area contributed by atoms with E-state index in [1.54, 1.807) is 23.1 Å². The van der Waals surface area contributed by atoms with E-state index in [0.29, 0.717) is 49.8 Å². The second-order valence-corrected chi connectivity index (χ2v) is 9.50. The molecule has 0 aromatic heterocycles. The number of Topliss-reactive ketones (excluding diaryl/α,β-unsaturated/α-hetero) is 1. The van der Waals surface area contributed by atoms with Gasteiger partial charge in [-0.25, -0.2) is 0 Å². The van der Waals surface area contributed by atoms with Crippen LogP contribution < -0.4 is 14.2 Å². The number of ketones is 1. The largest absolute Gasteiger partial charge is 0.507 e. The highest BCUT2D eigenvalue weighted by atomic mass is 16.6. The van der Waals surface area contributed by atoms with Gasteiger partial charge in [0.15, 0.2) is 11.5 Å². The molecule has 0 radical (unpaired) electrons. The van der Waals surface area contributed by atoms with Crippen LogP contribution in [0.1, 0.15) is 57.2 Å². The third-order valence-corrected chi connectivity index (χ3v) is 7.09. The minimum Gasteiger partial charge on any atom is -0.507 e. The number of fused-ring (bicyclic) bond motifs is 1. The van der Waals surface area contributed by atoms with Gasteiger partial charge in [0.2, 0.25) is 0 Å². The summed E-state index contributed by atoms with van der Waals surface area (Å²) in [6.45, 7) is 10.9. The Kier molecular flexibility index (Phi) is 9.29. The summed E-state index contributed by atoms with van der Waals surface area (Å²) < 4.78 is 17.1. The van der Waals surface area contributed by atoms with Crippen molar-refractivity contribution < 1.29 is 28.9 Å². The number of unbranched alkanes of at least 4 members (excludes halogenated alkanes) is 1. The van der Waals surface area contributed by atoms with E-state index in [4.69, 9.17) is 14.2 Å². The zero-order chi connectivity index (χ0) is 27.1. The average Bonchev–Trinajstić information content (AvgIpc) is 3.20. The molecular formula is C30H38N2O6. The molecule has 2 aromatic carbocycles. The summed E-state index contributed by atoms with van der Waals surface area (Å²) in [6.07, 6.45) is 2.72. The molecule has 2 heterocycles. The third kappa shape index (κ3) is 5.96. The van der Waals surface area contributed by atoms with Gasteiger partial charge in [-0.1, -0.05) is 39.3 Å². The monoisotopic (exact) mass is 522 g/mol. The van der Waals surface area contributed by atoms with Gasteiger partial charge in [0, 0.05) is 12.1 Å². The van der Waals surface area contributed by atoms with E-state index < -0.39 is 17.7 Å². The first-order chi connectivity index (χ1) is 18.5. The molecule has 1 amide bonds. The number of carbonyl (C=O) groups excluding carboxylic acids is 2. The number of rotatable bonds is 12. The van der Waals surface area contributed by atoms with E-state index >= 15 is 0 Å². The normalized spacial score (nSPS) is 18.3. The Labute approximate surface area is 224 Å². The van der Waals surface area contributed by atoms with Gasteiger partial charge in [0.1, 0.15) is 24.7 Å². The first kappa shape index (κ1) is 27.5. The molecule has 0 unspecified atom stereocenters. The summed E-state index contributed by atoms with van der Waals surface area (Å²) in [5, 5.41) is 11.4. The van der Waals surface area contributed by atoms with E-state index in [2.05, 4.69) is 25.7 Å². The Bertz CT molecular complexity index is 1160. The molecule has 0 aliphatic carbocycles. The third-order valence-electron chi connectivity index (χ3n) is 7.09. The fraction of sp³-hybridized carbons (Fsp3) is 0.467. The predicted octanol–water partition coefficient (Wildman–Crippen LogP) is 4.79. The number of benzene rings is 2. The maximum Gasteiger partial charge on any atom is 0.295 e. The number of aliphatic hydroxyl groups is 1. The lowest BCUT2D eigenvalue weighted by molar-refractivity contribution is -0.140. The molecule has 2 aliphatic heterocycles. The summed E-state index contributed by atoms with van der Waals surface area (Å²) >= 11 is 0. The van der Waals surface area contributed by atoms with Gasteiger partial charge in [0.25, 0.3) is 11.7 Å². The van der Waals surface area contributed by atoms with E-state index in [0.717, 1.165) is 43.8 Å². The summed E-state index contributed by atoms with van der Waals surface area (Å²) in [4.78, 5) is 30.5. The predicted molar refractivity (Wildman–Crippen MR) is 146 cm³/mol. The van der Waals surface area contributed by atoms with Crippen LogP contribution in [0.3, 0.4) is 0 Å². The van der Waals surface area contributed by atoms with Crippen molar-refractivity contribution in [3.05, 3.63) is 59.2 Å². The molecule has 1 fully saturated rings. The molecule has 0 saturated carbocycles. The van der Waals surface area contributed by atoms with Gasteiger partial charge < -0.3 is 29.1 Å². The Hall–Kier alpha value is -3.52. The second kappa shape index (κ2) is 12.8. The first-order valence-corrected chi connectivity index (χ1v) is 13.6. The van der Waals surface area contributed by atoms with Gasteiger partial charge >= 0.3 is 0 Å². The molecule has 8 heteroatoms. The van der Waals surface area contributed by atoms with Crippen LogP contribution in [0.4, 0.5) is 0 Å². The van der Waals surface area contributed by atoms with Crippen molar-refractivity contribution >= 4 is 17.4 Å². The van der Waals surface area contributed by atoms with Crippen molar-refractivity contribution in [1.29, 1.82) is 0 Å². The van der Waals surface area contributed by atoms with Crippen LogP contribution in [0, 0.1) is 0 Å². The fourth-order valence-electron chi connectivity index (χ4n) is 4.89. The van der Waals surface area contributed by atoms with Crippen molar-refractivity contribution in [1.82, 2.24) is 9.80 Å². The van der Waals surface area contributed by atoms with Crippen LogP contribution in [0.25, 0.3) is 5.76 Å². The van der Waals surface area contributed by atoms with Crippen LogP contribution in [-0.2, 0) is 9.59 Å². The Morgan fingerprint density at radius 3 is 2.39 bits per heavy atom. The summed E-state index contributed by atoms with van der Waals surface area (Å²) in [5.41, 5.74) is 1.23. The second-order valence-electron chi connectivity index (χ2n) is 9.50. The van der Waals surface area contributed by atoms with Crippen molar-refractivity contribution in [2.24, 2.45) is 0 Å². The maximum absolute atomic E-state index is 13.4. The van der Waals surface area contributed by atoms with E-state index in [-0.39, 0.29) is 11.3 Å².